The number of carbonyl (C=O) groups excluding carboxylic acids is 2. The lowest BCUT2D eigenvalue weighted by Crippen LogP contribution is -2.25. The van der Waals surface area contributed by atoms with E-state index in [0.29, 0.717) is 6.42 Å². The molecule has 0 N–H and O–H groups in total. The quantitative estimate of drug-likeness (QED) is 0.420. The van der Waals surface area contributed by atoms with Gasteiger partial charge in [0.25, 0.3) is 0 Å². The van der Waals surface area contributed by atoms with Gasteiger partial charge >= 0.3 is 5.97 Å². The maximum absolute atomic E-state index is 11.6. The lowest BCUT2D eigenvalue weighted by molar-refractivity contribution is -0.255. The second-order valence-electron chi connectivity index (χ2n) is 3.40. The molecule has 4 nitrogen and oxygen atoms in total. The van der Waals surface area contributed by atoms with Crippen LogP contribution in [0.2, 0.25) is 0 Å². The monoisotopic (exact) mass is 233 g/mol. The summed E-state index contributed by atoms with van der Waals surface area (Å²) < 4.78 is 4.94. The Bertz CT molecular complexity index is 423. The van der Waals surface area contributed by atoms with Gasteiger partial charge in [0.2, 0.25) is 0 Å². The first-order valence-corrected chi connectivity index (χ1v) is 5.25. The van der Waals surface area contributed by atoms with Crippen molar-refractivity contribution in [3.8, 4) is 0 Å². The van der Waals surface area contributed by atoms with E-state index in [1.54, 1.807) is 12.1 Å². The van der Waals surface area contributed by atoms with Crippen molar-refractivity contribution in [3.05, 3.63) is 48.0 Å². The van der Waals surface area contributed by atoms with E-state index >= 15 is 0 Å². The van der Waals surface area contributed by atoms with Crippen molar-refractivity contribution in [3.63, 3.8) is 0 Å². The molecule has 0 aliphatic carbocycles. The molecule has 0 aliphatic heterocycles. The third kappa shape index (κ3) is 3.75. The number of esters is 1. The van der Waals surface area contributed by atoms with Crippen LogP contribution in [0, 0.1) is 0 Å². The molecule has 0 fully saturated rings. The normalized spacial score (nSPS) is 9.65. The van der Waals surface area contributed by atoms with Gasteiger partial charge < -0.3 is 14.6 Å². The smallest absolute Gasteiger partial charge is 0.338 e. The van der Waals surface area contributed by atoms with Gasteiger partial charge in [-0.3, -0.25) is 0 Å². The van der Waals surface area contributed by atoms with E-state index in [0.717, 1.165) is 6.42 Å². The summed E-state index contributed by atoms with van der Waals surface area (Å²) in [7, 11) is 0. The zero-order chi connectivity index (χ0) is 12.7. The number of carbonyl (C=O) groups is 2. The lowest BCUT2D eigenvalue weighted by Gasteiger charge is -2.09. The van der Waals surface area contributed by atoms with Crippen molar-refractivity contribution in [1.82, 2.24) is 0 Å². The van der Waals surface area contributed by atoms with Gasteiger partial charge in [-0.2, -0.15) is 0 Å². The van der Waals surface area contributed by atoms with E-state index in [-0.39, 0.29) is 17.7 Å². The Labute approximate surface area is 99.5 Å². The number of allylic oxidation sites excluding steroid dienone is 1. The highest BCUT2D eigenvalue weighted by atomic mass is 16.5. The Kier molecular flexibility index (Phi) is 4.94. The number of unbranched alkanes of at least 4 members (excludes halogenated alkanes) is 1. The number of carboxylic acids is 1. The first-order valence-electron chi connectivity index (χ1n) is 5.25. The second kappa shape index (κ2) is 6.48. The van der Waals surface area contributed by atoms with E-state index in [9.17, 15) is 14.7 Å². The maximum atomic E-state index is 11.6. The van der Waals surface area contributed by atoms with Crippen LogP contribution in [0.5, 0.6) is 0 Å². The maximum Gasteiger partial charge on any atom is 0.338 e. The van der Waals surface area contributed by atoms with Crippen molar-refractivity contribution < 1.29 is 19.4 Å². The number of rotatable bonds is 6. The minimum absolute atomic E-state index is 0.0195. The van der Waals surface area contributed by atoms with Crippen LogP contribution in [0.15, 0.2) is 36.9 Å². The van der Waals surface area contributed by atoms with Crippen molar-refractivity contribution >= 4 is 11.9 Å². The van der Waals surface area contributed by atoms with Crippen LogP contribution in [0.1, 0.15) is 33.6 Å². The molecule has 0 saturated carbocycles. The number of hydrogen-bond donors (Lipinski definition) is 0. The summed E-state index contributed by atoms with van der Waals surface area (Å²) in [4.78, 5) is 22.4. The van der Waals surface area contributed by atoms with Crippen LogP contribution in [0.25, 0.3) is 0 Å². The molecule has 1 rings (SSSR count). The molecule has 0 atom stereocenters. The van der Waals surface area contributed by atoms with Gasteiger partial charge in [0, 0.05) is 5.56 Å². The summed E-state index contributed by atoms with van der Waals surface area (Å²) in [5.41, 5.74) is -0.132. The number of aromatic carboxylic acids is 1. The number of benzene rings is 1. The molecule has 17 heavy (non-hydrogen) atoms. The molecule has 4 heteroatoms. The molecule has 90 valence electrons. The molecule has 0 spiro atoms. The first kappa shape index (κ1) is 13.0. The van der Waals surface area contributed by atoms with Crippen LogP contribution in [0.3, 0.4) is 0 Å². The van der Waals surface area contributed by atoms with Crippen LogP contribution >= 0.6 is 0 Å². The topological polar surface area (TPSA) is 66.4 Å². The molecule has 0 saturated heterocycles. The average molecular weight is 233 g/mol. The van der Waals surface area contributed by atoms with Crippen LogP contribution in [-0.4, -0.2) is 18.5 Å². The SMILES string of the molecule is C=CCCCOC(=O)c1ccccc1C(=O)[O-]. The lowest BCUT2D eigenvalue weighted by atomic mass is 10.1. The average Bonchev–Trinajstić information content (AvgIpc) is 2.34. The summed E-state index contributed by atoms with van der Waals surface area (Å²) in [6.45, 7) is 3.79. The van der Waals surface area contributed by atoms with E-state index in [4.69, 9.17) is 4.74 Å². The van der Waals surface area contributed by atoms with Crippen LogP contribution in [-0.2, 0) is 4.74 Å². The molecule has 1 aromatic rings. The van der Waals surface area contributed by atoms with Crippen LogP contribution in [0.4, 0.5) is 0 Å². The molecular formula is C13H13O4-. The summed E-state index contributed by atoms with van der Waals surface area (Å²) >= 11 is 0. The zero-order valence-corrected chi connectivity index (χ0v) is 9.35. The number of hydrogen-bond acceptors (Lipinski definition) is 4. The Morgan fingerprint density at radius 1 is 1.29 bits per heavy atom. The van der Waals surface area contributed by atoms with Crippen molar-refractivity contribution in [1.29, 1.82) is 0 Å². The Morgan fingerprint density at radius 3 is 2.53 bits per heavy atom. The summed E-state index contributed by atoms with van der Waals surface area (Å²) in [6.07, 6.45) is 3.14. The largest absolute Gasteiger partial charge is 0.545 e. The molecule has 0 unspecified atom stereocenters. The molecule has 1 aromatic carbocycles. The molecule has 0 heterocycles. The fraction of sp³-hybridized carbons (Fsp3) is 0.231. The van der Waals surface area contributed by atoms with Crippen LogP contribution < -0.4 is 5.11 Å². The van der Waals surface area contributed by atoms with Gasteiger partial charge in [-0.15, -0.1) is 6.58 Å². The zero-order valence-electron chi connectivity index (χ0n) is 9.35. The third-order valence-corrected chi connectivity index (χ3v) is 2.15. The van der Waals surface area contributed by atoms with Gasteiger partial charge in [0.15, 0.2) is 0 Å². The minimum atomic E-state index is -1.39. The summed E-state index contributed by atoms with van der Waals surface area (Å²) in [5.74, 6) is -2.03. The highest BCUT2D eigenvalue weighted by molar-refractivity contribution is 6.01. The standard InChI is InChI=1S/C13H14O4/c1-2-3-6-9-17-13(16)11-8-5-4-7-10(11)12(14)15/h2,4-5,7-8H,1,3,6,9H2,(H,14,15)/p-1. The predicted molar refractivity (Wildman–Crippen MR) is 60.5 cm³/mol. The Balaban J connectivity index is 2.68. The van der Waals surface area contributed by atoms with Gasteiger partial charge in [-0.05, 0) is 18.9 Å². The van der Waals surface area contributed by atoms with E-state index in [2.05, 4.69) is 6.58 Å². The highest BCUT2D eigenvalue weighted by Crippen LogP contribution is 2.09. The summed E-state index contributed by atoms with van der Waals surface area (Å²) in [6, 6.07) is 5.82. The first-order chi connectivity index (χ1) is 8.16. The Morgan fingerprint density at radius 2 is 1.94 bits per heavy atom. The highest BCUT2D eigenvalue weighted by Gasteiger charge is 2.12. The molecule has 0 aromatic heterocycles. The molecular weight excluding hydrogens is 220 g/mol. The van der Waals surface area contributed by atoms with Gasteiger partial charge in [0.1, 0.15) is 0 Å². The summed E-state index contributed by atoms with van der Waals surface area (Å²) in [5, 5.41) is 10.8. The molecule has 0 amide bonds. The predicted octanol–water partition coefficient (Wildman–Crippen LogP) is 1.17. The fourth-order valence-corrected chi connectivity index (χ4v) is 1.31. The van der Waals surface area contributed by atoms with E-state index < -0.39 is 11.9 Å². The third-order valence-electron chi connectivity index (χ3n) is 2.15. The number of ether oxygens (including phenoxy) is 1. The van der Waals surface area contributed by atoms with Gasteiger partial charge in [0.05, 0.1) is 18.1 Å². The number of carboxylic acid groups (broad SMARTS) is 1. The van der Waals surface area contributed by atoms with Gasteiger partial charge in [-0.25, -0.2) is 4.79 Å². The fourth-order valence-electron chi connectivity index (χ4n) is 1.31. The van der Waals surface area contributed by atoms with E-state index in [1.165, 1.54) is 18.2 Å². The van der Waals surface area contributed by atoms with Crippen molar-refractivity contribution in [2.75, 3.05) is 6.61 Å². The van der Waals surface area contributed by atoms with Crippen molar-refractivity contribution in [2.24, 2.45) is 0 Å². The molecule has 0 bridgehead atoms. The molecule has 0 aliphatic rings. The van der Waals surface area contributed by atoms with Crippen molar-refractivity contribution in [2.45, 2.75) is 12.8 Å². The van der Waals surface area contributed by atoms with Gasteiger partial charge in [-0.1, -0.05) is 24.3 Å². The molecule has 0 radical (unpaired) electrons. The Hall–Kier alpha value is -2.10. The second-order valence-corrected chi connectivity index (χ2v) is 3.40. The minimum Gasteiger partial charge on any atom is -0.545 e. The van der Waals surface area contributed by atoms with E-state index in [1.807, 2.05) is 0 Å².